The number of terminal acetylenes is 1. The normalized spacial score (nSPS) is 8.92. The molecule has 0 saturated carbocycles. The van der Waals surface area contributed by atoms with E-state index in [1.165, 1.54) is 0 Å². The molecule has 12 heavy (non-hydrogen) atoms. The van der Waals surface area contributed by atoms with Crippen LogP contribution in [-0.4, -0.2) is 16.5 Å². The van der Waals surface area contributed by atoms with Crippen LogP contribution in [0.4, 0.5) is 5.95 Å². The average molecular weight is 161 g/mol. The monoisotopic (exact) mass is 161 g/mol. The van der Waals surface area contributed by atoms with Gasteiger partial charge in [-0.05, 0) is 12.5 Å². The average Bonchev–Trinajstić information content (AvgIpc) is 2.14. The zero-order valence-corrected chi connectivity index (χ0v) is 6.83. The van der Waals surface area contributed by atoms with Gasteiger partial charge in [0.1, 0.15) is 0 Å². The second-order valence-electron chi connectivity index (χ2n) is 2.31. The smallest absolute Gasteiger partial charge is 0.222 e. The van der Waals surface area contributed by atoms with Gasteiger partial charge in [-0.25, -0.2) is 9.97 Å². The number of nitrogens with one attached hydrogen (secondary N) is 1. The molecule has 0 aliphatic heterocycles. The van der Waals surface area contributed by atoms with Gasteiger partial charge in [0, 0.05) is 25.4 Å². The van der Waals surface area contributed by atoms with Crippen molar-refractivity contribution in [3.8, 4) is 12.3 Å². The molecule has 0 unspecified atom stereocenters. The molecule has 3 nitrogen and oxygen atoms in total. The summed E-state index contributed by atoms with van der Waals surface area (Å²) in [6.07, 6.45) is 10.3. The first kappa shape index (κ1) is 8.54. The highest BCUT2D eigenvalue weighted by Crippen LogP contribution is 1.94. The number of rotatable bonds is 4. The van der Waals surface area contributed by atoms with E-state index < -0.39 is 0 Å². The van der Waals surface area contributed by atoms with E-state index in [2.05, 4.69) is 21.2 Å². The summed E-state index contributed by atoms with van der Waals surface area (Å²) in [5.74, 6) is 3.23. The number of nitrogens with zero attached hydrogens (tertiary/aromatic N) is 2. The molecule has 0 fully saturated rings. The van der Waals surface area contributed by atoms with E-state index in [1.807, 2.05) is 0 Å². The molecule has 0 spiro atoms. The fourth-order valence-corrected chi connectivity index (χ4v) is 0.781. The minimum absolute atomic E-state index is 0.662. The Morgan fingerprint density at radius 2 is 2.17 bits per heavy atom. The molecule has 1 heterocycles. The van der Waals surface area contributed by atoms with E-state index in [-0.39, 0.29) is 0 Å². The minimum Gasteiger partial charge on any atom is -0.354 e. The van der Waals surface area contributed by atoms with Crippen LogP contribution in [0, 0.1) is 12.3 Å². The van der Waals surface area contributed by atoms with E-state index >= 15 is 0 Å². The second kappa shape index (κ2) is 5.14. The third kappa shape index (κ3) is 3.02. The first-order valence-corrected chi connectivity index (χ1v) is 3.88. The van der Waals surface area contributed by atoms with Gasteiger partial charge in [-0.15, -0.1) is 12.3 Å². The number of anilines is 1. The van der Waals surface area contributed by atoms with Gasteiger partial charge >= 0.3 is 0 Å². The van der Waals surface area contributed by atoms with Gasteiger partial charge in [0.25, 0.3) is 0 Å². The lowest BCUT2D eigenvalue weighted by Crippen LogP contribution is -2.04. The van der Waals surface area contributed by atoms with E-state index in [0.717, 1.165) is 19.4 Å². The Labute approximate surface area is 72.2 Å². The quantitative estimate of drug-likeness (QED) is 0.534. The fourth-order valence-electron chi connectivity index (χ4n) is 0.781. The van der Waals surface area contributed by atoms with Gasteiger partial charge in [-0.1, -0.05) is 0 Å². The largest absolute Gasteiger partial charge is 0.354 e. The lowest BCUT2D eigenvalue weighted by Gasteiger charge is -2.00. The standard InChI is InChI=1S/C9H11N3/c1-2-3-4-6-10-9-11-7-5-8-12-9/h1,5,7-8H,3-4,6H2,(H,10,11,12). The number of aromatic nitrogens is 2. The highest BCUT2D eigenvalue weighted by atomic mass is 15.1. The molecule has 0 atom stereocenters. The third-order valence-electron chi connectivity index (χ3n) is 1.35. The molecule has 1 rings (SSSR count). The number of hydrogen-bond donors (Lipinski definition) is 1. The Morgan fingerprint density at radius 3 is 2.83 bits per heavy atom. The van der Waals surface area contributed by atoms with Crippen molar-refractivity contribution in [1.82, 2.24) is 9.97 Å². The van der Waals surface area contributed by atoms with Crippen molar-refractivity contribution >= 4 is 5.95 Å². The van der Waals surface area contributed by atoms with Crippen LogP contribution < -0.4 is 5.32 Å². The third-order valence-corrected chi connectivity index (χ3v) is 1.35. The molecular formula is C9H11N3. The molecule has 0 amide bonds. The van der Waals surface area contributed by atoms with Gasteiger partial charge in [-0.3, -0.25) is 0 Å². The van der Waals surface area contributed by atoms with Gasteiger partial charge in [0.15, 0.2) is 0 Å². The Kier molecular flexibility index (Phi) is 3.65. The van der Waals surface area contributed by atoms with Crippen molar-refractivity contribution in [3.05, 3.63) is 18.5 Å². The summed E-state index contributed by atoms with van der Waals surface area (Å²) in [4.78, 5) is 8.00. The van der Waals surface area contributed by atoms with Crippen molar-refractivity contribution < 1.29 is 0 Å². The molecule has 0 bridgehead atoms. The molecule has 0 aliphatic rings. The first-order chi connectivity index (χ1) is 5.93. The molecule has 1 N–H and O–H groups in total. The van der Waals surface area contributed by atoms with Gasteiger partial charge < -0.3 is 5.32 Å². The van der Waals surface area contributed by atoms with Crippen LogP contribution >= 0.6 is 0 Å². The van der Waals surface area contributed by atoms with Gasteiger partial charge in [0.2, 0.25) is 5.95 Å². The van der Waals surface area contributed by atoms with Crippen molar-refractivity contribution in [2.45, 2.75) is 12.8 Å². The highest BCUT2D eigenvalue weighted by molar-refractivity contribution is 5.21. The maximum atomic E-state index is 5.10. The van der Waals surface area contributed by atoms with E-state index in [4.69, 9.17) is 6.42 Å². The van der Waals surface area contributed by atoms with Crippen molar-refractivity contribution in [2.24, 2.45) is 0 Å². The molecule has 0 radical (unpaired) electrons. The fraction of sp³-hybridized carbons (Fsp3) is 0.333. The Hall–Kier alpha value is -1.56. The summed E-state index contributed by atoms with van der Waals surface area (Å²) in [6, 6.07) is 1.78. The summed E-state index contributed by atoms with van der Waals surface area (Å²) in [5, 5.41) is 3.06. The Morgan fingerprint density at radius 1 is 1.42 bits per heavy atom. The predicted octanol–water partition coefficient (Wildman–Crippen LogP) is 1.30. The van der Waals surface area contributed by atoms with Crippen molar-refractivity contribution in [3.63, 3.8) is 0 Å². The molecular weight excluding hydrogens is 150 g/mol. The molecule has 1 aromatic rings. The summed E-state index contributed by atoms with van der Waals surface area (Å²) < 4.78 is 0. The van der Waals surface area contributed by atoms with Gasteiger partial charge in [0.05, 0.1) is 0 Å². The molecule has 62 valence electrons. The summed E-state index contributed by atoms with van der Waals surface area (Å²) in [5.41, 5.74) is 0. The van der Waals surface area contributed by atoms with Crippen LogP contribution in [0.2, 0.25) is 0 Å². The number of hydrogen-bond acceptors (Lipinski definition) is 3. The Balaban J connectivity index is 2.21. The lowest BCUT2D eigenvalue weighted by molar-refractivity contribution is 0.892. The van der Waals surface area contributed by atoms with Crippen LogP contribution in [0.1, 0.15) is 12.8 Å². The number of unbranched alkanes of at least 4 members (excludes halogenated alkanes) is 1. The maximum Gasteiger partial charge on any atom is 0.222 e. The topological polar surface area (TPSA) is 37.8 Å². The summed E-state index contributed by atoms with van der Waals surface area (Å²) in [6.45, 7) is 0.828. The van der Waals surface area contributed by atoms with Crippen LogP contribution in [0.3, 0.4) is 0 Å². The summed E-state index contributed by atoms with van der Waals surface area (Å²) >= 11 is 0. The van der Waals surface area contributed by atoms with Crippen LogP contribution in [0.25, 0.3) is 0 Å². The van der Waals surface area contributed by atoms with Gasteiger partial charge in [-0.2, -0.15) is 0 Å². The van der Waals surface area contributed by atoms with E-state index in [0.29, 0.717) is 5.95 Å². The predicted molar refractivity (Wildman–Crippen MR) is 48.6 cm³/mol. The van der Waals surface area contributed by atoms with Crippen LogP contribution in [0.15, 0.2) is 18.5 Å². The molecule has 0 aliphatic carbocycles. The SMILES string of the molecule is C#CCCCNc1ncccn1. The second-order valence-corrected chi connectivity index (χ2v) is 2.31. The summed E-state index contributed by atoms with van der Waals surface area (Å²) in [7, 11) is 0. The van der Waals surface area contributed by atoms with E-state index in [1.54, 1.807) is 18.5 Å². The maximum absolute atomic E-state index is 5.10. The molecule has 0 saturated heterocycles. The van der Waals surface area contributed by atoms with Crippen LogP contribution in [-0.2, 0) is 0 Å². The molecule has 1 aromatic heterocycles. The Bertz CT molecular complexity index is 250. The zero-order chi connectivity index (χ0) is 8.65. The molecule has 0 aromatic carbocycles. The van der Waals surface area contributed by atoms with E-state index in [9.17, 15) is 0 Å². The molecule has 3 heteroatoms. The first-order valence-electron chi connectivity index (χ1n) is 3.88. The van der Waals surface area contributed by atoms with Crippen molar-refractivity contribution in [2.75, 3.05) is 11.9 Å². The zero-order valence-electron chi connectivity index (χ0n) is 6.83. The highest BCUT2D eigenvalue weighted by Gasteiger charge is 1.90. The lowest BCUT2D eigenvalue weighted by atomic mass is 10.3. The van der Waals surface area contributed by atoms with Crippen molar-refractivity contribution in [1.29, 1.82) is 0 Å². The van der Waals surface area contributed by atoms with Crippen LogP contribution in [0.5, 0.6) is 0 Å². The minimum atomic E-state index is 0.662.